The van der Waals surface area contributed by atoms with Crippen LogP contribution in [0.5, 0.6) is 0 Å². The fourth-order valence-corrected chi connectivity index (χ4v) is 2.92. The highest BCUT2D eigenvalue weighted by Gasteiger charge is 2.47. The van der Waals surface area contributed by atoms with E-state index in [0.29, 0.717) is 5.92 Å². The van der Waals surface area contributed by atoms with Gasteiger partial charge in [-0.05, 0) is 25.9 Å². The first-order valence-electron chi connectivity index (χ1n) is 5.30. The van der Waals surface area contributed by atoms with Gasteiger partial charge in [-0.2, -0.15) is 0 Å². The largest absolute Gasteiger partial charge is 0.348 e. The van der Waals surface area contributed by atoms with Gasteiger partial charge in [0.15, 0.2) is 0 Å². The molecule has 2 aliphatic heterocycles. The van der Waals surface area contributed by atoms with E-state index in [9.17, 15) is 4.79 Å². The molecule has 0 radical (unpaired) electrons. The molecule has 4 nitrogen and oxygen atoms in total. The fraction of sp³-hybridized carbons (Fsp3) is 0.900. The number of carbonyl (C=O) groups excluding carboxylic acids is 1. The average Bonchev–Trinajstić information content (AvgIpc) is 2.38. The Bertz CT molecular complexity index is 252. The second kappa shape index (κ2) is 6.05. The van der Waals surface area contributed by atoms with Crippen LogP contribution >= 0.6 is 24.8 Å². The van der Waals surface area contributed by atoms with Crippen molar-refractivity contribution >= 4 is 30.7 Å². The zero-order valence-electron chi connectivity index (χ0n) is 9.78. The summed E-state index contributed by atoms with van der Waals surface area (Å²) in [5.41, 5.74) is -0.00116. The summed E-state index contributed by atoms with van der Waals surface area (Å²) in [6.07, 6.45) is 1.17. The molecule has 2 saturated heterocycles. The summed E-state index contributed by atoms with van der Waals surface area (Å²) in [5.74, 6) is 0.714. The van der Waals surface area contributed by atoms with E-state index in [2.05, 4.69) is 22.6 Å². The normalized spacial score (nSPS) is 33.2. The van der Waals surface area contributed by atoms with E-state index < -0.39 is 0 Å². The van der Waals surface area contributed by atoms with Gasteiger partial charge in [-0.25, -0.2) is 0 Å². The van der Waals surface area contributed by atoms with Crippen molar-refractivity contribution in [2.45, 2.75) is 18.9 Å². The van der Waals surface area contributed by atoms with Crippen molar-refractivity contribution in [2.24, 2.45) is 5.92 Å². The molecule has 6 heteroatoms. The summed E-state index contributed by atoms with van der Waals surface area (Å²) < 4.78 is 0. The second-order valence-corrected chi connectivity index (χ2v) is 4.70. The minimum Gasteiger partial charge on any atom is -0.348 e. The monoisotopic (exact) mass is 269 g/mol. The summed E-state index contributed by atoms with van der Waals surface area (Å²) in [6.45, 7) is 5.70. The van der Waals surface area contributed by atoms with Gasteiger partial charge < -0.3 is 15.5 Å². The van der Waals surface area contributed by atoms with Crippen LogP contribution in [0.4, 0.5) is 0 Å². The van der Waals surface area contributed by atoms with Crippen molar-refractivity contribution < 1.29 is 4.79 Å². The lowest BCUT2D eigenvalue weighted by Gasteiger charge is -2.39. The molecule has 16 heavy (non-hydrogen) atoms. The van der Waals surface area contributed by atoms with Crippen LogP contribution in [-0.4, -0.2) is 49.6 Å². The van der Waals surface area contributed by atoms with Gasteiger partial charge in [0.25, 0.3) is 0 Å². The zero-order chi connectivity index (χ0) is 10.2. The number of hydrogen-bond acceptors (Lipinski definition) is 3. The average molecular weight is 270 g/mol. The van der Waals surface area contributed by atoms with E-state index >= 15 is 0 Å². The molecule has 96 valence electrons. The third kappa shape index (κ3) is 3.00. The summed E-state index contributed by atoms with van der Waals surface area (Å²) >= 11 is 0. The molecule has 0 aromatic heterocycles. The highest BCUT2D eigenvalue weighted by atomic mass is 35.5. The number of hydrogen-bond donors (Lipinski definition) is 2. The Morgan fingerprint density at radius 3 is 2.81 bits per heavy atom. The SMILES string of the molecule is CC(=O)NC12CNCCC1CN(C)C2.Cl.Cl. The topological polar surface area (TPSA) is 44.4 Å². The molecule has 0 aliphatic carbocycles. The standard InChI is InChI=1S/C10H19N3O.2ClH/c1-8(14)12-10-6-11-4-3-9(10)5-13(2)7-10;;/h9,11H,3-7H2,1-2H3,(H,12,14);2*1H. The lowest BCUT2D eigenvalue weighted by Crippen LogP contribution is -2.62. The van der Waals surface area contributed by atoms with Crippen LogP contribution in [0.2, 0.25) is 0 Å². The number of rotatable bonds is 1. The molecule has 2 rings (SSSR count). The number of carbonyl (C=O) groups is 1. The maximum atomic E-state index is 11.2. The minimum absolute atomic E-state index is 0. The molecule has 2 fully saturated rings. The first-order chi connectivity index (χ1) is 6.62. The molecule has 0 bridgehead atoms. The first kappa shape index (κ1) is 16.0. The van der Waals surface area contributed by atoms with Crippen molar-refractivity contribution in [1.82, 2.24) is 15.5 Å². The molecule has 2 heterocycles. The van der Waals surface area contributed by atoms with E-state index in [1.165, 1.54) is 6.42 Å². The lowest BCUT2D eigenvalue weighted by molar-refractivity contribution is -0.121. The van der Waals surface area contributed by atoms with Gasteiger partial charge >= 0.3 is 0 Å². The van der Waals surface area contributed by atoms with Crippen molar-refractivity contribution in [3.05, 3.63) is 0 Å². The number of amides is 1. The fourth-order valence-electron chi connectivity index (χ4n) is 2.92. The summed E-state index contributed by atoms with van der Waals surface area (Å²) in [7, 11) is 2.13. The number of halogens is 2. The maximum absolute atomic E-state index is 11.2. The zero-order valence-corrected chi connectivity index (χ0v) is 11.4. The molecular formula is C10H21Cl2N3O. The molecule has 0 aromatic carbocycles. The van der Waals surface area contributed by atoms with Gasteiger partial charge in [0.05, 0.1) is 5.54 Å². The Morgan fingerprint density at radius 1 is 1.50 bits per heavy atom. The van der Waals surface area contributed by atoms with Gasteiger partial charge in [0, 0.05) is 26.6 Å². The number of likely N-dealkylation sites (tertiary alicyclic amines) is 1. The van der Waals surface area contributed by atoms with Crippen molar-refractivity contribution in [3.8, 4) is 0 Å². The minimum atomic E-state index is -0.00116. The van der Waals surface area contributed by atoms with Crippen molar-refractivity contribution in [1.29, 1.82) is 0 Å². The van der Waals surface area contributed by atoms with E-state index in [1.54, 1.807) is 6.92 Å². The van der Waals surface area contributed by atoms with Gasteiger partial charge in [-0.3, -0.25) is 4.79 Å². The van der Waals surface area contributed by atoms with Crippen molar-refractivity contribution in [2.75, 3.05) is 33.2 Å². The lowest BCUT2D eigenvalue weighted by atomic mass is 9.82. The third-order valence-corrected chi connectivity index (χ3v) is 3.40. The van der Waals surface area contributed by atoms with Crippen LogP contribution in [0, 0.1) is 5.92 Å². The molecule has 2 unspecified atom stereocenters. The Labute approximate surface area is 109 Å². The van der Waals surface area contributed by atoms with Crippen LogP contribution in [0.1, 0.15) is 13.3 Å². The summed E-state index contributed by atoms with van der Waals surface area (Å²) in [5, 5.41) is 6.53. The quantitative estimate of drug-likeness (QED) is 0.718. The Balaban J connectivity index is 0.00000112. The van der Waals surface area contributed by atoms with Crippen LogP contribution in [0.15, 0.2) is 0 Å². The number of likely N-dealkylation sites (N-methyl/N-ethyl adjacent to an activating group) is 1. The molecule has 0 saturated carbocycles. The Morgan fingerprint density at radius 2 is 2.19 bits per heavy atom. The third-order valence-electron chi connectivity index (χ3n) is 3.40. The number of piperidine rings is 1. The predicted octanol–water partition coefficient (Wildman–Crippen LogP) is 0.260. The molecule has 2 aliphatic rings. The van der Waals surface area contributed by atoms with E-state index in [-0.39, 0.29) is 36.3 Å². The molecule has 2 atom stereocenters. The maximum Gasteiger partial charge on any atom is 0.217 e. The number of nitrogens with zero attached hydrogens (tertiary/aromatic N) is 1. The molecule has 0 spiro atoms. The molecule has 2 N–H and O–H groups in total. The van der Waals surface area contributed by atoms with Gasteiger partial charge in [0.1, 0.15) is 0 Å². The molecular weight excluding hydrogens is 249 g/mol. The van der Waals surface area contributed by atoms with E-state index in [1.807, 2.05) is 0 Å². The predicted molar refractivity (Wildman–Crippen MR) is 69.5 cm³/mol. The van der Waals surface area contributed by atoms with Gasteiger partial charge in [-0.1, -0.05) is 0 Å². The van der Waals surface area contributed by atoms with Crippen molar-refractivity contribution in [3.63, 3.8) is 0 Å². The van der Waals surface area contributed by atoms with Crippen LogP contribution < -0.4 is 10.6 Å². The van der Waals surface area contributed by atoms with E-state index in [0.717, 1.165) is 26.2 Å². The van der Waals surface area contributed by atoms with Crippen LogP contribution in [-0.2, 0) is 4.79 Å². The Kier molecular flexibility index (Phi) is 6.04. The molecule has 0 aromatic rings. The number of fused-ring (bicyclic) bond motifs is 1. The highest BCUT2D eigenvalue weighted by molar-refractivity contribution is 5.85. The summed E-state index contributed by atoms with van der Waals surface area (Å²) in [4.78, 5) is 13.5. The van der Waals surface area contributed by atoms with E-state index in [4.69, 9.17) is 0 Å². The smallest absolute Gasteiger partial charge is 0.217 e. The molecule has 1 amide bonds. The van der Waals surface area contributed by atoms with Gasteiger partial charge in [-0.15, -0.1) is 24.8 Å². The van der Waals surface area contributed by atoms with Crippen LogP contribution in [0.25, 0.3) is 0 Å². The van der Waals surface area contributed by atoms with Crippen LogP contribution in [0.3, 0.4) is 0 Å². The number of nitrogens with one attached hydrogen (secondary N) is 2. The second-order valence-electron chi connectivity index (χ2n) is 4.70. The first-order valence-corrected chi connectivity index (χ1v) is 5.30. The summed E-state index contributed by atoms with van der Waals surface area (Å²) in [6, 6.07) is 0. The highest BCUT2D eigenvalue weighted by Crippen LogP contribution is 2.31. The Hall–Kier alpha value is -0.0300. The van der Waals surface area contributed by atoms with Gasteiger partial charge in [0.2, 0.25) is 5.91 Å².